The average Bonchev–Trinajstić information content (AvgIpc) is 3.06. The van der Waals surface area contributed by atoms with Crippen LogP contribution < -0.4 is 0 Å². The number of aromatic nitrogens is 1. The summed E-state index contributed by atoms with van der Waals surface area (Å²) in [5.41, 5.74) is 3.01. The first-order valence-electron chi connectivity index (χ1n) is 9.46. The first kappa shape index (κ1) is 15.9. The number of fused-ring (bicyclic) bond motifs is 6. The third-order valence-corrected chi connectivity index (χ3v) is 6.81. The molecule has 2 aromatic rings. The van der Waals surface area contributed by atoms with Crippen molar-refractivity contribution in [2.45, 2.75) is 43.9 Å². The van der Waals surface area contributed by atoms with Crippen LogP contribution in [0.25, 0.3) is 10.9 Å². The van der Waals surface area contributed by atoms with Crippen molar-refractivity contribution in [2.24, 2.45) is 11.8 Å². The zero-order valence-electron chi connectivity index (χ0n) is 14.9. The minimum Gasteiger partial charge on any atom is -0.360 e. The third kappa shape index (κ3) is 2.02. The van der Waals surface area contributed by atoms with Crippen molar-refractivity contribution in [3.8, 4) is 12.1 Å². The van der Waals surface area contributed by atoms with Gasteiger partial charge in [0.25, 0.3) is 0 Å². The van der Waals surface area contributed by atoms with Gasteiger partial charge in [0.1, 0.15) is 6.04 Å². The van der Waals surface area contributed by atoms with Crippen LogP contribution in [0.3, 0.4) is 0 Å². The van der Waals surface area contributed by atoms with E-state index < -0.39 is 5.60 Å². The quantitative estimate of drug-likeness (QED) is 0.794. The molecular weight excluding hydrogens is 324 g/mol. The number of piperidine rings is 1. The maximum absolute atomic E-state index is 10.0. The molecule has 5 rings (SSSR count). The number of aromatic amines is 1. The standard InChI is InChI=1S/C21H22N4O/c1-21(12-23)19-13(7-9-26-21)10-17-20-15(6-8-25(17)18(19)11-22)14-4-2-3-5-16(14)24-20/h2-5,13,17-19,24H,6-10H2,1H3/t13-,17-,18+,19+,21-/m0/s1. The summed E-state index contributed by atoms with van der Waals surface area (Å²) in [4.78, 5) is 5.97. The Morgan fingerprint density at radius 3 is 2.96 bits per heavy atom. The first-order chi connectivity index (χ1) is 12.7. The van der Waals surface area contributed by atoms with Crippen molar-refractivity contribution in [3.05, 3.63) is 35.5 Å². The number of hydrogen-bond acceptors (Lipinski definition) is 4. The molecule has 2 fully saturated rings. The summed E-state index contributed by atoms with van der Waals surface area (Å²) in [5.74, 6) is 0.296. The fourth-order valence-corrected chi connectivity index (χ4v) is 5.65. The number of hydrogen-bond donors (Lipinski definition) is 1. The van der Waals surface area contributed by atoms with Gasteiger partial charge in [-0.3, -0.25) is 4.90 Å². The monoisotopic (exact) mass is 346 g/mol. The number of para-hydroxylation sites is 1. The highest BCUT2D eigenvalue weighted by atomic mass is 16.5. The molecule has 4 heterocycles. The van der Waals surface area contributed by atoms with Gasteiger partial charge in [-0.1, -0.05) is 18.2 Å². The smallest absolute Gasteiger partial charge is 0.157 e. The number of ether oxygens (including phenoxy) is 1. The Morgan fingerprint density at radius 2 is 2.15 bits per heavy atom. The molecule has 5 nitrogen and oxygen atoms in total. The van der Waals surface area contributed by atoms with Gasteiger partial charge in [-0.2, -0.15) is 10.5 Å². The number of nitrogens with one attached hydrogen (secondary N) is 1. The lowest BCUT2D eigenvalue weighted by Crippen LogP contribution is -2.61. The molecule has 5 atom stereocenters. The van der Waals surface area contributed by atoms with Gasteiger partial charge in [0.2, 0.25) is 0 Å². The molecule has 3 aliphatic heterocycles. The zero-order chi connectivity index (χ0) is 17.9. The van der Waals surface area contributed by atoms with Crippen LogP contribution in [-0.4, -0.2) is 34.7 Å². The zero-order valence-corrected chi connectivity index (χ0v) is 14.9. The van der Waals surface area contributed by atoms with E-state index in [1.54, 1.807) is 0 Å². The second-order valence-electron chi connectivity index (χ2n) is 8.02. The predicted octanol–water partition coefficient (Wildman–Crippen LogP) is 3.30. The number of nitrogens with zero attached hydrogens (tertiary/aromatic N) is 3. The predicted molar refractivity (Wildman–Crippen MR) is 97.0 cm³/mol. The number of nitriles is 2. The third-order valence-electron chi connectivity index (χ3n) is 6.81. The van der Waals surface area contributed by atoms with Gasteiger partial charge >= 0.3 is 0 Å². The molecule has 1 aromatic carbocycles. The van der Waals surface area contributed by atoms with Crippen LogP contribution in [-0.2, 0) is 11.2 Å². The Labute approximate surface area is 153 Å². The van der Waals surface area contributed by atoms with Gasteiger partial charge in [0.05, 0.1) is 18.2 Å². The Bertz CT molecular complexity index is 951. The maximum atomic E-state index is 10.0. The van der Waals surface area contributed by atoms with Crippen molar-refractivity contribution >= 4 is 10.9 Å². The van der Waals surface area contributed by atoms with E-state index in [1.807, 2.05) is 6.92 Å². The highest BCUT2D eigenvalue weighted by Gasteiger charge is 2.55. The van der Waals surface area contributed by atoms with E-state index >= 15 is 0 Å². The van der Waals surface area contributed by atoms with Crippen LogP contribution in [0.15, 0.2) is 24.3 Å². The van der Waals surface area contributed by atoms with E-state index in [1.165, 1.54) is 22.2 Å². The van der Waals surface area contributed by atoms with Gasteiger partial charge < -0.3 is 9.72 Å². The summed E-state index contributed by atoms with van der Waals surface area (Å²) in [6, 6.07) is 13.3. The van der Waals surface area contributed by atoms with Gasteiger partial charge in [0, 0.05) is 35.7 Å². The summed E-state index contributed by atoms with van der Waals surface area (Å²) in [7, 11) is 0. The van der Waals surface area contributed by atoms with E-state index in [0.717, 1.165) is 25.8 Å². The molecule has 0 radical (unpaired) electrons. The van der Waals surface area contributed by atoms with Crippen LogP contribution in [0.4, 0.5) is 0 Å². The molecule has 2 saturated heterocycles. The molecule has 0 aliphatic carbocycles. The van der Waals surface area contributed by atoms with E-state index in [9.17, 15) is 10.5 Å². The number of benzene rings is 1. The lowest BCUT2D eigenvalue weighted by Gasteiger charge is -2.54. The minimum atomic E-state index is -0.866. The molecule has 26 heavy (non-hydrogen) atoms. The molecule has 0 bridgehead atoms. The molecule has 1 aromatic heterocycles. The van der Waals surface area contributed by atoms with Gasteiger partial charge in [-0.15, -0.1) is 0 Å². The molecule has 0 unspecified atom stereocenters. The Kier molecular flexibility index (Phi) is 3.41. The second-order valence-corrected chi connectivity index (χ2v) is 8.02. The maximum Gasteiger partial charge on any atom is 0.157 e. The van der Waals surface area contributed by atoms with Gasteiger partial charge in [-0.05, 0) is 43.7 Å². The Morgan fingerprint density at radius 1 is 1.31 bits per heavy atom. The summed E-state index contributed by atoms with van der Waals surface area (Å²) in [6.07, 6.45) is 2.86. The molecule has 0 spiro atoms. The number of rotatable bonds is 0. The van der Waals surface area contributed by atoms with Crippen molar-refractivity contribution in [1.82, 2.24) is 9.88 Å². The van der Waals surface area contributed by atoms with Crippen molar-refractivity contribution < 1.29 is 4.74 Å². The van der Waals surface area contributed by atoms with E-state index in [-0.39, 0.29) is 18.0 Å². The van der Waals surface area contributed by atoms with Gasteiger partial charge in [-0.25, -0.2) is 0 Å². The van der Waals surface area contributed by atoms with Crippen LogP contribution in [0, 0.1) is 34.5 Å². The summed E-state index contributed by atoms with van der Waals surface area (Å²) in [6.45, 7) is 3.34. The van der Waals surface area contributed by atoms with Gasteiger partial charge in [0.15, 0.2) is 5.60 Å². The fraction of sp³-hybridized carbons (Fsp3) is 0.524. The lowest BCUT2D eigenvalue weighted by atomic mass is 9.65. The Balaban J connectivity index is 1.61. The molecule has 5 heteroatoms. The fourth-order valence-electron chi connectivity index (χ4n) is 5.65. The molecule has 0 saturated carbocycles. The number of H-pyrrole nitrogens is 1. The summed E-state index contributed by atoms with van der Waals surface area (Å²) >= 11 is 0. The van der Waals surface area contributed by atoms with Crippen molar-refractivity contribution in [3.63, 3.8) is 0 Å². The highest BCUT2D eigenvalue weighted by molar-refractivity contribution is 5.85. The lowest BCUT2D eigenvalue weighted by molar-refractivity contribution is -0.144. The first-order valence-corrected chi connectivity index (χ1v) is 9.46. The normalized spacial score (nSPS) is 36.4. The molecule has 3 aliphatic rings. The van der Waals surface area contributed by atoms with E-state index in [0.29, 0.717) is 12.5 Å². The average molecular weight is 346 g/mol. The van der Waals surface area contributed by atoms with E-state index in [2.05, 4.69) is 46.3 Å². The largest absolute Gasteiger partial charge is 0.360 e. The molecule has 0 amide bonds. The second kappa shape index (κ2) is 5.58. The molecule has 1 N–H and O–H groups in total. The molecular formula is C21H22N4O. The molecule has 132 valence electrons. The topological polar surface area (TPSA) is 75.8 Å². The Hall–Kier alpha value is -2.34. The summed E-state index contributed by atoms with van der Waals surface area (Å²) < 4.78 is 5.87. The minimum absolute atomic E-state index is 0.0478. The highest BCUT2D eigenvalue weighted by Crippen LogP contribution is 2.51. The van der Waals surface area contributed by atoms with Crippen LogP contribution in [0.2, 0.25) is 0 Å². The summed E-state index contributed by atoms with van der Waals surface area (Å²) in [5, 5.41) is 21.1. The van der Waals surface area contributed by atoms with Crippen LogP contribution in [0.5, 0.6) is 0 Å². The van der Waals surface area contributed by atoms with Crippen molar-refractivity contribution in [2.75, 3.05) is 13.2 Å². The van der Waals surface area contributed by atoms with Crippen LogP contribution >= 0.6 is 0 Å². The van der Waals surface area contributed by atoms with E-state index in [4.69, 9.17) is 4.74 Å². The van der Waals surface area contributed by atoms with Crippen molar-refractivity contribution in [1.29, 1.82) is 10.5 Å². The van der Waals surface area contributed by atoms with Crippen LogP contribution in [0.1, 0.15) is 37.1 Å². The SMILES string of the molecule is C[C@@]1(C#N)OCC[C@H]2C[C@H]3c4[nH]c5ccccc5c4CCN3[C@H](C#N)[C@@H]21.